The summed E-state index contributed by atoms with van der Waals surface area (Å²) in [5, 5.41) is 18.3. The molecule has 0 saturated heterocycles. The van der Waals surface area contributed by atoms with E-state index in [4.69, 9.17) is 10.8 Å². The molecule has 18 heavy (non-hydrogen) atoms. The number of benzene rings is 1. The van der Waals surface area contributed by atoms with Gasteiger partial charge < -0.3 is 15.9 Å². The lowest BCUT2D eigenvalue weighted by atomic mass is 9.91. The first-order valence-electron chi connectivity index (χ1n) is 6.23. The third-order valence-corrected chi connectivity index (χ3v) is 3.16. The van der Waals surface area contributed by atoms with Crippen LogP contribution in [0.3, 0.4) is 0 Å². The second-order valence-electron chi connectivity index (χ2n) is 4.82. The van der Waals surface area contributed by atoms with Gasteiger partial charge in [-0.05, 0) is 42.9 Å². The number of rotatable bonds is 7. The molecule has 0 heterocycles. The minimum Gasteiger partial charge on any atom is -0.508 e. The Balaban J connectivity index is 2.41. The molecule has 0 radical (unpaired) electrons. The Kier molecular flexibility index (Phi) is 5.65. The third-order valence-electron chi connectivity index (χ3n) is 3.16. The van der Waals surface area contributed by atoms with E-state index in [1.54, 1.807) is 12.1 Å². The zero-order valence-electron chi connectivity index (χ0n) is 10.7. The number of carboxylic acids is 1. The topological polar surface area (TPSA) is 83.5 Å². The standard InChI is InChI=1S/C14H21NO3/c1-10(7-12(9-15)14(17)18)5-6-11-3-2-4-13(16)8-11/h2-4,8,10,12,16H,5-7,9,15H2,1H3,(H,17,18). The van der Waals surface area contributed by atoms with Crippen molar-refractivity contribution < 1.29 is 15.0 Å². The van der Waals surface area contributed by atoms with Crippen LogP contribution in [0.15, 0.2) is 24.3 Å². The summed E-state index contributed by atoms with van der Waals surface area (Å²) < 4.78 is 0. The zero-order valence-corrected chi connectivity index (χ0v) is 10.7. The summed E-state index contributed by atoms with van der Waals surface area (Å²) in [6.45, 7) is 2.22. The van der Waals surface area contributed by atoms with Crippen LogP contribution in [0.1, 0.15) is 25.3 Å². The van der Waals surface area contributed by atoms with E-state index in [-0.39, 0.29) is 12.3 Å². The Morgan fingerprint density at radius 2 is 2.17 bits per heavy atom. The number of carboxylic acid groups (broad SMARTS) is 1. The van der Waals surface area contributed by atoms with E-state index in [2.05, 4.69) is 0 Å². The maximum atomic E-state index is 10.9. The number of nitrogens with two attached hydrogens (primary N) is 1. The SMILES string of the molecule is CC(CCc1cccc(O)c1)CC(CN)C(=O)O. The molecule has 2 unspecified atom stereocenters. The van der Waals surface area contributed by atoms with Crippen molar-refractivity contribution in [3.8, 4) is 5.75 Å². The fourth-order valence-corrected chi connectivity index (χ4v) is 2.03. The lowest BCUT2D eigenvalue weighted by molar-refractivity contribution is -0.141. The van der Waals surface area contributed by atoms with Crippen molar-refractivity contribution in [1.29, 1.82) is 0 Å². The van der Waals surface area contributed by atoms with Crippen LogP contribution in [0.2, 0.25) is 0 Å². The van der Waals surface area contributed by atoms with Crippen LogP contribution < -0.4 is 5.73 Å². The van der Waals surface area contributed by atoms with Crippen LogP contribution in [0, 0.1) is 11.8 Å². The van der Waals surface area contributed by atoms with Crippen molar-refractivity contribution in [2.75, 3.05) is 6.54 Å². The molecule has 0 aliphatic rings. The van der Waals surface area contributed by atoms with Crippen LogP contribution in [0.25, 0.3) is 0 Å². The summed E-state index contributed by atoms with van der Waals surface area (Å²) in [7, 11) is 0. The minimum absolute atomic E-state index is 0.186. The van der Waals surface area contributed by atoms with Gasteiger partial charge in [-0.3, -0.25) is 4.79 Å². The predicted molar refractivity (Wildman–Crippen MR) is 70.4 cm³/mol. The van der Waals surface area contributed by atoms with Gasteiger partial charge in [0.25, 0.3) is 0 Å². The highest BCUT2D eigenvalue weighted by Crippen LogP contribution is 2.19. The molecule has 0 aromatic heterocycles. The molecular weight excluding hydrogens is 230 g/mol. The summed E-state index contributed by atoms with van der Waals surface area (Å²) >= 11 is 0. The first-order chi connectivity index (χ1) is 8.52. The molecule has 1 rings (SSSR count). The Morgan fingerprint density at radius 3 is 2.72 bits per heavy atom. The fraction of sp³-hybridized carbons (Fsp3) is 0.500. The van der Waals surface area contributed by atoms with E-state index in [9.17, 15) is 9.90 Å². The average molecular weight is 251 g/mol. The number of aromatic hydroxyl groups is 1. The summed E-state index contributed by atoms with van der Waals surface area (Å²) in [4.78, 5) is 10.9. The highest BCUT2D eigenvalue weighted by Gasteiger charge is 2.18. The number of phenols is 1. The van der Waals surface area contributed by atoms with Gasteiger partial charge in [-0.1, -0.05) is 19.1 Å². The number of aryl methyl sites for hydroxylation is 1. The molecule has 1 aromatic rings. The van der Waals surface area contributed by atoms with E-state index in [1.807, 2.05) is 19.1 Å². The quantitative estimate of drug-likeness (QED) is 0.692. The highest BCUT2D eigenvalue weighted by molar-refractivity contribution is 5.70. The van der Waals surface area contributed by atoms with Gasteiger partial charge in [0.2, 0.25) is 0 Å². The first kappa shape index (κ1) is 14.5. The second kappa shape index (κ2) is 7.01. The maximum absolute atomic E-state index is 10.9. The normalized spacial score (nSPS) is 14.1. The molecular formula is C14H21NO3. The van der Waals surface area contributed by atoms with Crippen molar-refractivity contribution in [2.24, 2.45) is 17.6 Å². The third kappa shape index (κ3) is 4.75. The number of hydrogen-bond acceptors (Lipinski definition) is 3. The molecule has 0 aliphatic carbocycles. The average Bonchev–Trinajstić information content (AvgIpc) is 2.33. The molecule has 0 aliphatic heterocycles. The predicted octanol–water partition coefficient (Wildman–Crippen LogP) is 2.01. The van der Waals surface area contributed by atoms with Gasteiger partial charge in [0.05, 0.1) is 5.92 Å². The van der Waals surface area contributed by atoms with Gasteiger partial charge in [-0.15, -0.1) is 0 Å². The molecule has 0 bridgehead atoms. The Hall–Kier alpha value is -1.55. The van der Waals surface area contributed by atoms with E-state index in [0.717, 1.165) is 18.4 Å². The van der Waals surface area contributed by atoms with Gasteiger partial charge in [0.15, 0.2) is 0 Å². The van der Waals surface area contributed by atoms with E-state index >= 15 is 0 Å². The number of hydrogen-bond donors (Lipinski definition) is 3. The summed E-state index contributed by atoms with van der Waals surface area (Å²) in [5.41, 5.74) is 6.51. The molecule has 0 saturated carbocycles. The van der Waals surface area contributed by atoms with Crippen molar-refractivity contribution in [3.05, 3.63) is 29.8 Å². The van der Waals surface area contributed by atoms with E-state index in [1.165, 1.54) is 0 Å². The van der Waals surface area contributed by atoms with Gasteiger partial charge in [-0.25, -0.2) is 0 Å². The molecule has 4 nitrogen and oxygen atoms in total. The minimum atomic E-state index is -0.818. The molecule has 4 N–H and O–H groups in total. The molecule has 0 spiro atoms. The summed E-state index contributed by atoms with van der Waals surface area (Å²) in [5.74, 6) is -0.701. The van der Waals surface area contributed by atoms with Crippen molar-refractivity contribution in [1.82, 2.24) is 0 Å². The molecule has 2 atom stereocenters. The lowest BCUT2D eigenvalue weighted by Gasteiger charge is -2.16. The smallest absolute Gasteiger partial charge is 0.307 e. The second-order valence-corrected chi connectivity index (χ2v) is 4.82. The maximum Gasteiger partial charge on any atom is 0.307 e. The van der Waals surface area contributed by atoms with Crippen LogP contribution in [0.5, 0.6) is 5.75 Å². The van der Waals surface area contributed by atoms with Crippen LogP contribution >= 0.6 is 0 Å². The Bertz CT molecular complexity index is 392. The van der Waals surface area contributed by atoms with Gasteiger partial charge in [0.1, 0.15) is 5.75 Å². The van der Waals surface area contributed by atoms with Gasteiger partial charge in [-0.2, -0.15) is 0 Å². The molecule has 100 valence electrons. The van der Waals surface area contributed by atoms with Crippen molar-refractivity contribution >= 4 is 5.97 Å². The summed E-state index contributed by atoms with van der Waals surface area (Å²) in [6, 6.07) is 7.16. The zero-order chi connectivity index (χ0) is 13.5. The monoisotopic (exact) mass is 251 g/mol. The summed E-state index contributed by atoms with van der Waals surface area (Å²) in [6.07, 6.45) is 2.34. The number of aliphatic carboxylic acids is 1. The van der Waals surface area contributed by atoms with Gasteiger partial charge >= 0.3 is 5.97 Å². The van der Waals surface area contributed by atoms with Crippen molar-refractivity contribution in [3.63, 3.8) is 0 Å². The molecule has 0 fully saturated rings. The van der Waals surface area contributed by atoms with Crippen LogP contribution in [-0.2, 0) is 11.2 Å². The fourth-order valence-electron chi connectivity index (χ4n) is 2.03. The van der Waals surface area contributed by atoms with E-state index in [0.29, 0.717) is 12.3 Å². The number of carbonyl (C=O) groups is 1. The first-order valence-corrected chi connectivity index (χ1v) is 6.23. The molecule has 4 heteroatoms. The lowest BCUT2D eigenvalue weighted by Crippen LogP contribution is -2.25. The van der Waals surface area contributed by atoms with E-state index < -0.39 is 11.9 Å². The Labute approximate surface area is 107 Å². The Morgan fingerprint density at radius 1 is 1.44 bits per heavy atom. The molecule has 1 aromatic carbocycles. The molecule has 0 amide bonds. The van der Waals surface area contributed by atoms with Crippen LogP contribution in [-0.4, -0.2) is 22.7 Å². The van der Waals surface area contributed by atoms with Crippen molar-refractivity contribution in [2.45, 2.75) is 26.2 Å². The highest BCUT2D eigenvalue weighted by atomic mass is 16.4. The number of phenolic OH excluding ortho intramolecular Hbond substituents is 1. The van der Waals surface area contributed by atoms with Crippen LogP contribution in [0.4, 0.5) is 0 Å². The largest absolute Gasteiger partial charge is 0.508 e. The van der Waals surface area contributed by atoms with Gasteiger partial charge in [0, 0.05) is 6.54 Å².